The van der Waals surface area contributed by atoms with Crippen LogP contribution in [0, 0.1) is 0 Å². The molecule has 1 aromatic heterocycles. The van der Waals surface area contributed by atoms with Crippen LogP contribution in [0.1, 0.15) is 12.0 Å². The van der Waals surface area contributed by atoms with Gasteiger partial charge in [-0.25, -0.2) is 4.79 Å². The van der Waals surface area contributed by atoms with Gasteiger partial charge in [0.25, 0.3) is 5.56 Å². The number of rotatable bonds is 7. The van der Waals surface area contributed by atoms with Gasteiger partial charge in [-0.2, -0.15) is 13.2 Å². The van der Waals surface area contributed by atoms with Gasteiger partial charge in [0, 0.05) is 28.9 Å². The number of alkyl halides is 3. The van der Waals surface area contributed by atoms with Crippen LogP contribution >= 0.6 is 0 Å². The lowest BCUT2D eigenvalue weighted by atomic mass is 10.0. The minimum absolute atomic E-state index is 0.0323. The van der Waals surface area contributed by atoms with Crippen LogP contribution in [0.15, 0.2) is 53.3 Å². The lowest BCUT2D eigenvalue weighted by Crippen LogP contribution is -2.27. The number of hydrogen-bond acceptors (Lipinski definition) is 6. The Morgan fingerprint density at radius 2 is 1.92 bits per heavy atom. The van der Waals surface area contributed by atoms with Gasteiger partial charge in [-0.1, -0.05) is 24.3 Å². The van der Waals surface area contributed by atoms with E-state index in [4.69, 9.17) is 9.47 Å². The Morgan fingerprint density at radius 3 is 2.64 bits per heavy atom. The number of nitrogens with one attached hydrogen (secondary N) is 1. The van der Waals surface area contributed by atoms with Crippen molar-refractivity contribution in [3.63, 3.8) is 0 Å². The van der Waals surface area contributed by atoms with Crippen molar-refractivity contribution in [2.75, 3.05) is 38.7 Å². The Bertz CT molecular complexity index is 1350. The first kappa shape index (κ1) is 25.2. The highest BCUT2D eigenvalue weighted by Gasteiger charge is 2.35. The van der Waals surface area contributed by atoms with E-state index >= 15 is 0 Å². The largest absolute Gasteiger partial charge is 0.462 e. The molecule has 0 bridgehead atoms. The van der Waals surface area contributed by atoms with Gasteiger partial charge >= 0.3 is 18.2 Å². The monoisotopic (exact) mass is 503 g/mol. The highest BCUT2D eigenvalue weighted by molar-refractivity contribution is 5.94. The predicted molar refractivity (Wildman–Crippen MR) is 127 cm³/mol. The quantitative estimate of drug-likeness (QED) is 0.490. The number of halogens is 3. The van der Waals surface area contributed by atoms with Crippen molar-refractivity contribution < 1.29 is 32.2 Å². The number of H-pyrrole nitrogens is 1. The number of benzene rings is 2. The molecule has 1 amide bonds. The lowest BCUT2D eigenvalue weighted by molar-refractivity contribution is -0.146. The average Bonchev–Trinajstić information content (AvgIpc) is 3.21. The molecule has 1 aliphatic heterocycles. The van der Waals surface area contributed by atoms with Crippen LogP contribution in [0.5, 0.6) is 0 Å². The number of amides is 1. The van der Waals surface area contributed by atoms with Crippen LogP contribution < -0.4 is 10.5 Å². The Balaban J connectivity index is 1.54. The summed E-state index contributed by atoms with van der Waals surface area (Å²) in [6.07, 6.45) is -5.70. The summed E-state index contributed by atoms with van der Waals surface area (Å²) >= 11 is 0. The highest BCUT2D eigenvalue weighted by Crippen LogP contribution is 2.36. The Morgan fingerprint density at radius 1 is 1.17 bits per heavy atom. The van der Waals surface area contributed by atoms with Gasteiger partial charge < -0.3 is 19.4 Å². The molecule has 8 nitrogen and oxygen atoms in total. The van der Waals surface area contributed by atoms with E-state index < -0.39 is 35.5 Å². The molecule has 0 radical (unpaired) electrons. The number of fused-ring (bicyclic) bond motifs is 1. The Labute approximate surface area is 204 Å². The summed E-state index contributed by atoms with van der Waals surface area (Å²) in [7, 11) is 3.67. The van der Waals surface area contributed by atoms with Crippen LogP contribution in [-0.2, 0) is 20.4 Å². The van der Waals surface area contributed by atoms with E-state index in [0.717, 1.165) is 6.07 Å². The number of esters is 1. The summed E-state index contributed by atoms with van der Waals surface area (Å²) in [6, 6.07) is 11.1. The molecule has 0 saturated carbocycles. The lowest BCUT2D eigenvalue weighted by Gasteiger charge is -2.15. The number of carbonyl (C=O) groups is 2. The third-order valence-corrected chi connectivity index (χ3v) is 5.73. The molecular weight excluding hydrogens is 479 g/mol. The summed E-state index contributed by atoms with van der Waals surface area (Å²) < 4.78 is 50.8. The number of aromatic nitrogens is 1. The molecular formula is C25H24F3N3O5. The maximum atomic E-state index is 13.4. The van der Waals surface area contributed by atoms with Crippen molar-refractivity contribution in [3.05, 3.63) is 64.4 Å². The Hall–Kier alpha value is -3.86. The first-order valence-corrected chi connectivity index (χ1v) is 11.1. The van der Waals surface area contributed by atoms with Crippen molar-refractivity contribution in [2.24, 2.45) is 0 Å². The molecule has 0 aliphatic carbocycles. The topological polar surface area (TPSA) is 91.9 Å². The van der Waals surface area contributed by atoms with Gasteiger partial charge in [-0.05, 0) is 43.7 Å². The molecule has 1 atom stereocenters. The molecule has 2 aromatic carbocycles. The smallest absolute Gasteiger partial charge is 0.417 e. The van der Waals surface area contributed by atoms with Crippen molar-refractivity contribution in [1.82, 2.24) is 9.88 Å². The van der Waals surface area contributed by atoms with Crippen LogP contribution in [0.4, 0.5) is 23.7 Å². The van der Waals surface area contributed by atoms with Gasteiger partial charge in [0.05, 0.1) is 18.5 Å². The van der Waals surface area contributed by atoms with Crippen LogP contribution in [-0.4, -0.2) is 61.8 Å². The number of aromatic amines is 1. The normalized spacial score (nSPS) is 16.0. The van der Waals surface area contributed by atoms with Gasteiger partial charge in [-0.3, -0.25) is 14.5 Å². The first-order chi connectivity index (χ1) is 17.0. The summed E-state index contributed by atoms with van der Waals surface area (Å²) in [5, 5.41) is 0.612. The van der Waals surface area contributed by atoms with Gasteiger partial charge in [0.2, 0.25) is 0 Å². The van der Waals surface area contributed by atoms with Gasteiger partial charge in [0.15, 0.2) is 6.10 Å². The zero-order chi connectivity index (χ0) is 26.0. The molecule has 1 fully saturated rings. The van der Waals surface area contributed by atoms with Crippen LogP contribution in [0.2, 0.25) is 0 Å². The summed E-state index contributed by atoms with van der Waals surface area (Å²) in [6.45, 7) is 0.551. The molecule has 0 spiro atoms. The van der Waals surface area contributed by atoms with E-state index in [1.807, 2.05) is 19.0 Å². The van der Waals surface area contributed by atoms with E-state index in [0.29, 0.717) is 17.6 Å². The standard InChI is InChI=1S/C25H24F3N3O5/c1-30(2)10-9-22(32)35-14-17-13-31(24(34)36-17)16-8-7-15-11-21(29-23(33)19(15)12-16)18-5-3-4-6-20(18)25(26,27)28/h3-8,11-12,17H,9-10,13-14H2,1-2H3,(H,29,33). The van der Waals surface area contributed by atoms with Crippen LogP contribution in [0.3, 0.4) is 0 Å². The average molecular weight is 503 g/mol. The van der Waals surface area contributed by atoms with E-state index in [-0.39, 0.29) is 36.2 Å². The van der Waals surface area contributed by atoms with Gasteiger partial charge in [-0.15, -0.1) is 0 Å². The number of nitrogens with zero attached hydrogens (tertiary/aromatic N) is 2. The van der Waals surface area contributed by atoms with Crippen molar-refractivity contribution in [2.45, 2.75) is 18.7 Å². The third kappa shape index (κ3) is 5.51. The number of pyridine rings is 1. The van der Waals surface area contributed by atoms with Crippen molar-refractivity contribution in [3.8, 4) is 11.3 Å². The zero-order valence-electron chi connectivity index (χ0n) is 19.6. The maximum Gasteiger partial charge on any atom is 0.417 e. The molecule has 11 heteroatoms. The van der Waals surface area contributed by atoms with E-state index in [1.165, 1.54) is 35.2 Å². The molecule has 1 unspecified atom stereocenters. The molecule has 36 heavy (non-hydrogen) atoms. The number of hydrogen-bond donors (Lipinski definition) is 1. The van der Waals surface area contributed by atoms with Crippen molar-refractivity contribution >= 4 is 28.5 Å². The van der Waals surface area contributed by atoms with E-state index in [1.54, 1.807) is 12.1 Å². The molecule has 1 aliphatic rings. The number of carbonyl (C=O) groups excluding carboxylic acids is 2. The molecule has 1 N–H and O–H groups in total. The zero-order valence-corrected chi connectivity index (χ0v) is 19.6. The number of cyclic esters (lactones) is 1. The van der Waals surface area contributed by atoms with Crippen molar-refractivity contribution in [1.29, 1.82) is 0 Å². The fourth-order valence-corrected chi connectivity index (χ4v) is 3.92. The summed E-state index contributed by atoms with van der Waals surface area (Å²) in [5.74, 6) is -0.404. The third-order valence-electron chi connectivity index (χ3n) is 5.73. The second-order valence-electron chi connectivity index (χ2n) is 8.68. The molecule has 2 heterocycles. The van der Waals surface area contributed by atoms with E-state index in [2.05, 4.69) is 4.98 Å². The molecule has 1 saturated heterocycles. The molecule has 4 rings (SSSR count). The molecule has 3 aromatic rings. The number of ether oxygens (including phenoxy) is 2. The second-order valence-corrected chi connectivity index (χ2v) is 8.68. The number of anilines is 1. The fourth-order valence-electron chi connectivity index (χ4n) is 3.92. The summed E-state index contributed by atoms with van der Waals surface area (Å²) in [4.78, 5) is 42.7. The maximum absolute atomic E-state index is 13.4. The minimum Gasteiger partial charge on any atom is -0.462 e. The van der Waals surface area contributed by atoms with Crippen LogP contribution in [0.25, 0.3) is 22.0 Å². The Kier molecular flexibility index (Phi) is 7.02. The fraction of sp³-hybridized carbons (Fsp3) is 0.320. The highest BCUT2D eigenvalue weighted by atomic mass is 19.4. The predicted octanol–water partition coefficient (Wildman–Crippen LogP) is 4.03. The second kappa shape index (κ2) is 10.0. The van der Waals surface area contributed by atoms with E-state index in [9.17, 15) is 27.6 Å². The first-order valence-electron chi connectivity index (χ1n) is 11.1. The molecule has 190 valence electrons. The van der Waals surface area contributed by atoms with Gasteiger partial charge in [0.1, 0.15) is 6.61 Å². The minimum atomic E-state index is -4.58. The SMILES string of the molecule is CN(C)CCC(=O)OCC1CN(c2ccc3cc(-c4ccccc4C(F)(F)F)[nH]c(=O)c3c2)C(=O)O1. The summed E-state index contributed by atoms with van der Waals surface area (Å²) in [5.41, 5.74) is -1.18.